The Bertz CT molecular complexity index is 784. The molecule has 1 aliphatic carbocycles. The number of benzene rings is 1. The number of rotatable bonds is 7. The minimum absolute atomic E-state index is 0. The van der Waals surface area contributed by atoms with Crippen molar-refractivity contribution in [3.8, 4) is 0 Å². The van der Waals surface area contributed by atoms with Gasteiger partial charge in [-0.05, 0) is 30.0 Å². The van der Waals surface area contributed by atoms with Crippen LogP contribution in [0.2, 0.25) is 0 Å². The van der Waals surface area contributed by atoms with E-state index in [0.717, 1.165) is 24.9 Å². The van der Waals surface area contributed by atoms with Gasteiger partial charge >= 0.3 is 0 Å². The largest absolute Gasteiger partial charge is 0.354 e. The minimum atomic E-state index is 0. The molecule has 1 amide bonds. The Morgan fingerprint density at radius 2 is 1.93 bits per heavy atom. The summed E-state index contributed by atoms with van der Waals surface area (Å²) in [6.45, 7) is 1.51. The van der Waals surface area contributed by atoms with Crippen LogP contribution in [0.15, 0.2) is 47.7 Å². The molecular weight excluding hydrogens is 479 g/mol. The molecule has 2 aromatic rings. The molecule has 3 rings (SSSR count). The van der Waals surface area contributed by atoms with Crippen molar-refractivity contribution >= 4 is 35.8 Å². The van der Waals surface area contributed by atoms with E-state index in [0.29, 0.717) is 18.5 Å². The zero-order valence-corrected chi connectivity index (χ0v) is 19.5. The molecule has 7 nitrogen and oxygen atoms in total. The van der Waals surface area contributed by atoms with Crippen molar-refractivity contribution in [2.24, 2.45) is 4.99 Å². The predicted octanol–water partition coefficient (Wildman–Crippen LogP) is 2.62. The Balaban J connectivity index is 0.00000300. The number of carbonyl (C=O) groups is 1. The highest BCUT2D eigenvalue weighted by Gasteiger charge is 2.17. The number of carbonyl (C=O) groups excluding carboxylic acids is 1. The van der Waals surface area contributed by atoms with Crippen molar-refractivity contribution in [2.75, 3.05) is 20.6 Å². The summed E-state index contributed by atoms with van der Waals surface area (Å²) in [5.41, 5.74) is 2.35. The Hall–Kier alpha value is -2.10. The van der Waals surface area contributed by atoms with Crippen molar-refractivity contribution in [3.63, 3.8) is 0 Å². The highest BCUT2D eigenvalue weighted by molar-refractivity contribution is 14.0. The number of likely N-dealkylation sites (N-methyl/N-ethyl adjacent to an activating group) is 1. The summed E-state index contributed by atoms with van der Waals surface area (Å²) in [6.07, 6.45) is 8.54. The van der Waals surface area contributed by atoms with E-state index in [9.17, 15) is 4.79 Å². The maximum atomic E-state index is 12.0. The van der Waals surface area contributed by atoms with E-state index in [1.807, 2.05) is 29.1 Å². The van der Waals surface area contributed by atoms with Crippen LogP contribution in [0.1, 0.15) is 36.8 Å². The third kappa shape index (κ3) is 7.34. The first-order valence-corrected chi connectivity index (χ1v) is 9.91. The van der Waals surface area contributed by atoms with Gasteiger partial charge in [-0.2, -0.15) is 5.10 Å². The van der Waals surface area contributed by atoms with E-state index in [-0.39, 0.29) is 36.4 Å². The maximum absolute atomic E-state index is 12.0. The van der Waals surface area contributed by atoms with Crippen LogP contribution in [0, 0.1) is 0 Å². The molecule has 8 heteroatoms. The second-order valence-electron chi connectivity index (χ2n) is 7.40. The Morgan fingerprint density at radius 3 is 2.59 bits per heavy atom. The van der Waals surface area contributed by atoms with Crippen LogP contribution in [0.5, 0.6) is 0 Å². The summed E-state index contributed by atoms with van der Waals surface area (Å²) in [5, 5.41) is 11.0. The lowest BCUT2D eigenvalue weighted by Crippen LogP contribution is -2.46. The monoisotopic (exact) mass is 510 g/mol. The number of hydrogen-bond donors (Lipinski definition) is 2. The normalized spacial score (nSPS) is 14.3. The lowest BCUT2D eigenvalue weighted by atomic mass is 10.1. The van der Waals surface area contributed by atoms with E-state index < -0.39 is 0 Å². The highest BCUT2D eigenvalue weighted by Crippen LogP contribution is 2.17. The lowest BCUT2D eigenvalue weighted by Gasteiger charge is -2.19. The molecule has 0 saturated heterocycles. The molecule has 1 aromatic heterocycles. The molecular formula is C21H31IN6O. The first-order valence-electron chi connectivity index (χ1n) is 9.91. The van der Waals surface area contributed by atoms with Crippen LogP contribution in [0.3, 0.4) is 0 Å². The lowest BCUT2D eigenvalue weighted by molar-refractivity contribution is -0.127. The standard InChI is InChI=1S/C21H30N6O.HI/c1-26(2)20(28)15-23-21(25-19-10-5-6-11-19)22-14-17-8-3-4-9-18(17)16-27-13-7-12-24-27;/h3-4,7-9,12-13,19H,5-6,10-11,14-16H2,1-2H3,(H2,22,23,25);1H. The van der Waals surface area contributed by atoms with E-state index in [1.54, 1.807) is 25.2 Å². The van der Waals surface area contributed by atoms with Crippen molar-refractivity contribution in [1.29, 1.82) is 0 Å². The van der Waals surface area contributed by atoms with Gasteiger partial charge in [-0.1, -0.05) is 37.1 Å². The Kier molecular flexibility index (Phi) is 9.43. The van der Waals surface area contributed by atoms with Crippen LogP contribution in [-0.2, 0) is 17.9 Å². The molecule has 2 N–H and O–H groups in total. The number of nitrogens with zero attached hydrogens (tertiary/aromatic N) is 4. The average molecular weight is 510 g/mol. The second kappa shape index (κ2) is 11.8. The minimum Gasteiger partial charge on any atom is -0.354 e. The highest BCUT2D eigenvalue weighted by atomic mass is 127. The van der Waals surface area contributed by atoms with Gasteiger partial charge in [0.25, 0.3) is 0 Å². The molecule has 1 heterocycles. The van der Waals surface area contributed by atoms with Gasteiger partial charge in [0.05, 0.1) is 19.6 Å². The molecule has 1 saturated carbocycles. The van der Waals surface area contributed by atoms with Crippen molar-refractivity contribution < 1.29 is 4.79 Å². The zero-order valence-electron chi connectivity index (χ0n) is 17.2. The zero-order chi connectivity index (χ0) is 19.8. The fourth-order valence-corrected chi connectivity index (χ4v) is 3.33. The Morgan fingerprint density at radius 1 is 1.21 bits per heavy atom. The quantitative estimate of drug-likeness (QED) is 0.341. The van der Waals surface area contributed by atoms with Crippen LogP contribution in [-0.4, -0.2) is 53.2 Å². The SMILES string of the molecule is CN(C)C(=O)CNC(=NCc1ccccc1Cn1cccn1)NC1CCCC1.I. The van der Waals surface area contributed by atoms with Gasteiger partial charge in [0.1, 0.15) is 0 Å². The van der Waals surface area contributed by atoms with Gasteiger partial charge in [-0.25, -0.2) is 4.99 Å². The molecule has 0 aliphatic heterocycles. The second-order valence-corrected chi connectivity index (χ2v) is 7.40. The van der Waals surface area contributed by atoms with Crippen molar-refractivity contribution in [1.82, 2.24) is 25.3 Å². The summed E-state index contributed by atoms with van der Waals surface area (Å²) < 4.78 is 1.91. The molecule has 29 heavy (non-hydrogen) atoms. The van der Waals surface area contributed by atoms with Gasteiger partial charge in [0.15, 0.2) is 5.96 Å². The Labute approximate surface area is 190 Å². The molecule has 0 bridgehead atoms. The predicted molar refractivity (Wildman–Crippen MR) is 126 cm³/mol. The third-order valence-corrected chi connectivity index (χ3v) is 5.02. The molecule has 0 radical (unpaired) electrons. The van der Waals surface area contributed by atoms with E-state index in [2.05, 4.69) is 27.9 Å². The molecule has 0 spiro atoms. The number of amides is 1. The number of nitrogens with one attached hydrogen (secondary N) is 2. The summed E-state index contributed by atoms with van der Waals surface area (Å²) in [5.74, 6) is 0.732. The van der Waals surface area contributed by atoms with Gasteiger partial charge in [-0.15, -0.1) is 24.0 Å². The van der Waals surface area contributed by atoms with Gasteiger partial charge in [-0.3, -0.25) is 9.48 Å². The number of guanidine groups is 1. The van der Waals surface area contributed by atoms with Gasteiger partial charge in [0.2, 0.25) is 5.91 Å². The molecule has 0 unspecified atom stereocenters. The first kappa shape index (κ1) is 23.2. The molecule has 0 atom stereocenters. The summed E-state index contributed by atoms with van der Waals surface area (Å²) in [4.78, 5) is 18.3. The van der Waals surface area contributed by atoms with Crippen LogP contribution in [0.4, 0.5) is 0 Å². The van der Waals surface area contributed by atoms with Gasteiger partial charge < -0.3 is 15.5 Å². The number of aromatic nitrogens is 2. The van der Waals surface area contributed by atoms with Crippen LogP contribution >= 0.6 is 24.0 Å². The van der Waals surface area contributed by atoms with E-state index in [4.69, 9.17) is 4.99 Å². The van der Waals surface area contributed by atoms with Crippen molar-refractivity contribution in [2.45, 2.75) is 44.8 Å². The van der Waals surface area contributed by atoms with Crippen LogP contribution in [0.25, 0.3) is 0 Å². The van der Waals surface area contributed by atoms with Crippen molar-refractivity contribution in [3.05, 3.63) is 53.9 Å². The number of aliphatic imine (C=N–C) groups is 1. The topological polar surface area (TPSA) is 74.5 Å². The summed E-state index contributed by atoms with van der Waals surface area (Å²) in [6, 6.07) is 10.6. The third-order valence-electron chi connectivity index (χ3n) is 5.02. The maximum Gasteiger partial charge on any atom is 0.241 e. The van der Waals surface area contributed by atoms with E-state index in [1.165, 1.54) is 18.4 Å². The molecule has 158 valence electrons. The molecule has 1 fully saturated rings. The van der Waals surface area contributed by atoms with Crippen LogP contribution < -0.4 is 10.6 Å². The first-order chi connectivity index (χ1) is 13.6. The van der Waals surface area contributed by atoms with E-state index >= 15 is 0 Å². The average Bonchev–Trinajstić information content (AvgIpc) is 3.38. The fraction of sp³-hybridized carbons (Fsp3) is 0.476. The molecule has 1 aromatic carbocycles. The smallest absolute Gasteiger partial charge is 0.241 e. The fourth-order valence-electron chi connectivity index (χ4n) is 3.33. The molecule has 1 aliphatic rings. The number of halogens is 1. The number of hydrogen-bond acceptors (Lipinski definition) is 3. The summed E-state index contributed by atoms with van der Waals surface area (Å²) >= 11 is 0. The summed E-state index contributed by atoms with van der Waals surface area (Å²) in [7, 11) is 3.52. The van der Waals surface area contributed by atoms with Gasteiger partial charge in [0, 0.05) is 32.5 Å².